The molecule has 0 saturated heterocycles. The summed E-state index contributed by atoms with van der Waals surface area (Å²) >= 11 is 0. The van der Waals surface area contributed by atoms with Crippen LogP contribution in [-0.2, 0) is 16.4 Å². The summed E-state index contributed by atoms with van der Waals surface area (Å²) in [5.41, 5.74) is 10.00. The first-order valence-corrected chi connectivity index (χ1v) is 13.7. The molecule has 0 unspecified atom stereocenters. The lowest BCUT2D eigenvalue weighted by Crippen LogP contribution is -2.11. The number of halogens is 2. The summed E-state index contributed by atoms with van der Waals surface area (Å²) in [4.78, 5) is 13.4. The van der Waals surface area contributed by atoms with Crippen molar-refractivity contribution < 1.29 is 26.7 Å². The van der Waals surface area contributed by atoms with Gasteiger partial charge in [0, 0.05) is 18.1 Å². The molecule has 8 nitrogen and oxygen atoms in total. The number of carbonyl (C=O) groups excluding carboxylic acids is 1. The molecule has 0 aliphatic heterocycles. The number of hydrogen-bond donors (Lipinski definition) is 2. The Kier molecular flexibility index (Phi) is 6.47. The second kappa shape index (κ2) is 9.66. The normalized spacial score (nSPS) is 12.7. The highest BCUT2D eigenvalue weighted by atomic mass is 32.2. The number of aromatic nitrogens is 2. The Balaban J connectivity index is 1.42. The Morgan fingerprint density at radius 3 is 2.51 bits per heavy atom. The predicted octanol–water partition coefficient (Wildman–Crippen LogP) is 5.34. The fraction of sp³-hybridized carbons (Fsp3) is 0.143. The molecular weight excluding hydrogens is 526 g/mol. The minimum atomic E-state index is -3.47. The number of rotatable bonds is 7. The topological polar surface area (TPSA) is 116 Å². The molecule has 39 heavy (non-hydrogen) atoms. The van der Waals surface area contributed by atoms with Crippen LogP contribution in [0.5, 0.6) is 11.5 Å². The van der Waals surface area contributed by atoms with Gasteiger partial charge in [0.15, 0.2) is 23.2 Å². The van der Waals surface area contributed by atoms with Crippen LogP contribution >= 0.6 is 0 Å². The molecule has 0 bridgehead atoms. The second-order valence-electron chi connectivity index (χ2n) is 9.37. The van der Waals surface area contributed by atoms with Gasteiger partial charge in [0.2, 0.25) is 10.0 Å². The van der Waals surface area contributed by atoms with Gasteiger partial charge in [0.25, 0.3) is 0 Å². The molecule has 0 amide bonds. The van der Waals surface area contributed by atoms with Gasteiger partial charge in [-0.1, -0.05) is 18.2 Å². The van der Waals surface area contributed by atoms with Crippen molar-refractivity contribution in [3.05, 3.63) is 99.8 Å². The number of nitrogens with one attached hydrogen (secondary N) is 1. The van der Waals surface area contributed by atoms with E-state index in [4.69, 9.17) is 10.5 Å². The number of Topliss-reactive ketones (excluding diaryl/α,β-unsaturated/α-hetero) is 1. The average Bonchev–Trinajstić information content (AvgIpc) is 3.42. The highest BCUT2D eigenvalue weighted by molar-refractivity contribution is 7.92. The molecule has 0 spiro atoms. The van der Waals surface area contributed by atoms with Gasteiger partial charge in [-0.15, -0.1) is 0 Å². The van der Waals surface area contributed by atoms with Gasteiger partial charge in [-0.2, -0.15) is 5.10 Å². The summed E-state index contributed by atoms with van der Waals surface area (Å²) in [6, 6.07) is 11.9. The lowest BCUT2D eigenvalue weighted by Gasteiger charge is -2.13. The van der Waals surface area contributed by atoms with Crippen LogP contribution < -0.4 is 15.2 Å². The van der Waals surface area contributed by atoms with E-state index in [1.54, 1.807) is 32.1 Å². The third kappa shape index (κ3) is 5.13. The summed E-state index contributed by atoms with van der Waals surface area (Å²) in [5.74, 6) is -1.67. The monoisotopic (exact) mass is 550 g/mol. The highest BCUT2D eigenvalue weighted by Crippen LogP contribution is 2.34. The number of fused-ring (bicyclic) bond motifs is 1. The maximum atomic E-state index is 15.2. The number of nitrogens with two attached hydrogens (primary N) is 1. The van der Waals surface area contributed by atoms with Gasteiger partial charge < -0.3 is 10.5 Å². The minimum Gasteiger partial charge on any atom is -0.454 e. The number of hydrogen-bond acceptors (Lipinski definition) is 6. The SMILES string of the molecule is Cc1cc2c(cc1NS(C)(=O)=O)C=C(C(=O)c1cnn(-c3c(C)cc(Oc4ccccc4F)cc3F)c1N)C2. The van der Waals surface area contributed by atoms with E-state index in [1.807, 2.05) is 6.07 Å². The number of nitrogens with zero attached hydrogens (tertiary/aromatic N) is 2. The number of ether oxygens (including phenoxy) is 1. The molecule has 1 aliphatic rings. The minimum absolute atomic E-state index is 0.0308. The number of allylic oxidation sites excluding steroid dienone is 1. The van der Waals surface area contributed by atoms with E-state index in [2.05, 4.69) is 9.82 Å². The third-order valence-corrected chi connectivity index (χ3v) is 6.93. The van der Waals surface area contributed by atoms with Crippen LogP contribution in [0.4, 0.5) is 20.3 Å². The maximum Gasteiger partial charge on any atom is 0.229 e. The number of anilines is 2. The van der Waals surface area contributed by atoms with Gasteiger partial charge in [0.1, 0.15) is 17.3 Å². The third-order valence-electron chi connectivity index (χ3n) is 6.34. The summed E-state index contributed by atoms with van der Waals surface area (Å²) in [6.45, 7) is 3.40. The predicted molar refractivity (Wildman–Crippen MR) is 145 cm³/mol. The van der Waals surface area contributed by atoms with E-state index in [0.717, 1.165) is 28.1 Å². The van der Waals surface area contributed by atoms with E-state index in [1.165, 1.54) is 30.5 Å². The molecule has 1 heterocycles. The summed E-state index contributed by atoms with van der Waals surface area (Å²) in [6.07, 6.45) is 4.36. The van der Waals surface area contributed by atoms with E-state index in [0.29, 0.717) is 28.8 Å². The zero-order valence-corrected chi connectivity index (χ0v) is 22.1. The van der Waals surface area contributed by atoms with Crippen molar-refractivity contribution >= 4 is 33.4 Å². The number of benzene rings is 3. The first-order valence-electron chi connectivity index (χ1n) is 11.8. The van der Waals surface area contributed by atoms with Crippen molar-refractivity contribution in [1.29, 1.82) is 0 Å². The van der Waals surface area contributed by atoms with Gasteiger partial charge >= 0.3 is 0 Å². The number of nitrogen functional groups attached to an aromatic ring is 1. The number of ketones is 1. The number of aryl methyl sites for hydroxylation is 2. The quantitative estimate of drug-likeness (QED) is 0.300. The van der Waals surface area contributed by atoms with Gasteiger partial charge in [-0.25, -0.2) is 21.9 Å². The Morgan fingerprint density at radius 2 is 1.82 bits per heavy atom. The zero-order chi connectivity index (χ0) is 28.1. The first kappa shape index (κ1) is 26.1. The molecule has 0 saturated carbocycles. The van der Waals surface area contributed by atoms with Crippen LogP contribution in [-0.4, -0.2) is 30.2 Å². The Hall–Kier alpha value is -4.51. The zero-order valence-electron chi connectivity index (χ0n) is 21.2. The lowest BCUT2D eigenvalue weighted by atomic mass is 10.0. The van der Waals surface area contributed by atoms with Crippen molar-refractivity contribution in [1.82, 2.24) is 9.78 Å². The molecule has 1 aromatic heterocycles. The lowest BCUT2D eigenvalue weighted by molar-refractivity contribution is 0.103. The van der Waals surface area contributed by atoms with E-state index < -0.39 is 21.7 Å². The first-order chi connectivity index (χ1) is 18.4. The maximum absolute atomic E-state index is 15.2. The molecule has 0 radical (unpaired) electrons. The van der Waals surface area contributed by atoms with Crippen LogP contribution in [0.25, 0.3) is 11.8 Å². The fourth-order valence-corrected chi connectivity index (χ4v) is 5.16. The number of sulfonamides is 1. The molecule has 1 aliphatic carbocycles. The average molecular weight is 551 g/mol. The van der Waals surface area contributed by atoms with Crippen molar-refractivity contribution in [2.24, 2.45) is 0 Å². The molecule has 5 rings (SSSR count). The van der Waals surface area contributed by atoms with Gasteiger partial charge in [-0.05, 0) is 66.4 Å². The molecule has 4 aromatic rings. The van der Waals surface area contributed by atoms with Crippen molar-refractivity contribution in [3.8, 4) is 17.2 Å². The van der Waals surface area contributed by atoms with Crippen molar-refractivity contribution in [2.75, 3.05) is 16.7 Å². The van der Waals surface area contributed by atoms with Gasteiger partial charge in [0.05, 0.1) is 23.7 Å². The van der Waals surface area contributed by atoms with Crippen molar-refractivity contribution in [3.63, 3.8) is 0 Å². The van der Waals surface area contributed by atoms with E-state index in [9.17, 15) is 17.6 Å². The van der Waals surface area contributed by atoms with Crippen LogP contribution in [0.2, 0.25) is 0 Å². The summed E-state index contributed by atoms with van der Waals surface area (Å²) < 4.78 is 61.7. The Bertz CT molecular complexity index is 1770. The molecule has 200 valence electrons. The number of carbonyl (C=O) groups is 1. The molecule has 0 atom stereocenters. The van der Waals surface area contributed by atoms with E-state index in [-0.39, 0.29) is 34.4 Å². The van der Waals surface area contributed by atoms with Crippen LogP contribution in [0, 0.1) is 25.5 Å². The molecule has 11 heteroatoms. The van der Waals surface area contributed by atoms with Crippen LogP contribution in [0.3, 0.4) is 0 Å². The van der Waals surface area contributed by atoms with Crippen LogP contribution in [0.1, 0.15) is 32.6 Å². The van der Waals surface area contributed by atoms with Gasteiger partial charge in [-0.3, -0.25) is 9.52 Å². The number of para-hydroxylation sites is 1. The molecular formula is C28H24F2N4O4S. The molecule has 0 fully saturated rings. The Labute approximate surface area is 223 Å². The van der Waals surface area contributed by atoms with E-state index >= 15 is 4.39 Å². The smallest absolute Gasteiger partial charge is 0.229 e. The molecule has 3 N–H and O–H groups in total. The second-order valence-corrected chi connectivity index (χ2v) is 11.1. The largest absolute Gasteiger partial charge is 0.454 e. The Morgan fingerprint density at radius 1 is 1.08 bits per heavy atom. The fourth-order valence-electron chi connectivity index (χ4n) is 4.54. The van der Waals surface area contributed by atoms with Crippen molar-refractivity contribution in [2.45, 2.75) is 20.3 Å². The standard InChI is InChI=1S/C28H24F2N4O4S/c1-15-8-17-10-19(11-18(17)12-24(15)33-39(3,36)37)27(35)21-14-32-34(28(21)31)26-16(2)9-20(13-23(26)30)38-25-7-5-4-6-22(25)29/h4-9,11-14,33H,10,31H2,1-3H3. The van der Waals surface area contributed by atoms with Crippen LogP contribution in [0.15, 0.2) is 60.3 Å². The molecule has 3 aromatic carbocycles. The summed E-state index contributed by atoms with van der Waals surface area (Å²) in [5, 5.41) is 4.17. The highest BCUT2D eigenvalue weighted by Gasteiger charge is 2.26. The summed E-state index contributed by atoms with van der Waals surface area (Å²) in [7, 11) is -3.47.